The van der Waals surface area contributed by atoms with Gasteiger partial charge in [-0.25, -0.2) is 4.98 Å². The van der Waals surface area contributed by atoms with E-state index >= 15 is 0 Å². The molecule has 0 amide bonds. The van der Waals surface area contributed by atoms with E-state index in [0.29, 0.717) is 23.5 Å². The molecule has 0 aliphatic heterocycles. The molecular formula is C10H14N2O3. The summed E-state index contributed by atoms with van der Waals surface area (Å²) in [5.74, 6) is -0.273. The first-order valence-corrected chi connectivity index (χ1v) is 4.85. The molecule has 0 atom stereocenters. The summed E-state index contributed by atoms with van der Waals surface area (Å²) in [5.41, 5.74) is 0.868. The van der Waals surface area contributed by atoms with E-state index in [-0.39, 0.29) is 18.4 Å². The van der Waals surface area contributed by atoms with Gasteiger partial charge in [-0.15, -0.1) is 0 Å². The average Bonchev–Trinajstić information content (AvgIpc) is 2.15. The Kier molecular flexibility index (Phi) is 3.60. The van der Waals surface area contributed by atoms with Gasteiger partial charge in [0.2, 0.25) is 0 Å². The molecule has 1 aromatic heterocycles. The number of aromatic nitrogens is 2. The molecule has 82 valence electrons. The monoisotopic (exact) mass is 210 g/mol. The van der Waals surface area contributed by atoms with Crippen LogP contribution < -0.4 is 5.56 Å². The second-order valence-corrected chi connectivity index (χ2v) is 3.32. The Bertz CT molecular complexity index is 423. The van der Waals surface area contributed by atoms with Crippen molar-refractivity contribution in [2.24, 2.45) is 0 Å². The molecule has 1 heterocycles. The molecule has 0 unspecified atom stereocenters. The third-order valence-corrected chi connectivity index (χ3v) is 2.20. The second-order valence-electron chi connectivity index (χ2n) is 3.32. The molecule has 1 rings (SSSR count). The van der Waals surface area contributed by atoms with Gasteiger partial charge >= 0.3 is 5.97 Å². The number of aliphatic carboxylic acids is 1. The van der Waals surface area contributed by atoms with Crippen LogP contribution in [0.15, 0.2) is 4.79 Å². The number of hydrogen-bond donors (Lipinski definition) is 2. The molecule has 0 saturated heterocycles. The number of H-pyrrole nitrogens is 1. The molecule has 2 N–H and O–H groups in total. The highest BCUT2D eigenvalue weighted by atomic mass is 16.4. The van der Waals surface area contributed by atoms with Gasteiger partial charge < -0.3 is 10.1 Å². The van der Waals surface area contributed by atoms with Crippen molar-refractivity contribution in [2.45, 2.75) is 33.1 Å². The summed E-state index contributed by atoms with van der Waals surface area (Å²) < 4.78 is 0. The molecule has 1 aromatic rings. The van der Waals surface area contributed by atoms with Crippen LogP contribution in [0.25, 0.3) is 0 Å². The molecule has 0 saturated carbocycles. The molecule has 0 aromatic carbocycles. The number of rotatable bonds is 4. The van der Waals surface area contributed by atoms with Crippen molar-refractivity contribution in [1.29, 1.82) is 0 Å². The maximum absolute atomic E-state index is 11.5. The van der Waals surface area contributed by atoms with Crippen LogP contribution in [0.2, 0.25) is 0 Å². The molecule has 0 fully saturated rings. The van der Waals surface area contributed by atoms with Crippen LogP contribution in [-0.2, 0) is 17.6 Å². The molecular weight excluding hydrogens is 196 g/mol. The average molecular weight is 210 g/mol. The largest absolute Gasteiger partial charge is 0.481 e. The van der Waals surface area contributed by atoms with E-state index in [1.807, 2.05) is 6.92 Å². The van der Waals surface area contributed by atoms with Gasteiger partial charge in [-0.1, -0.05) is 6.92 Å². The van der Waals surface area contributed by atoms with Gasteiger partial charge in [-0.3, -0.25) is 9.59 Å². The van der Waals surface area contributed by atoms with Crippen LogP contribution in [0.3, 0.4) is 0 Å². The Morgan fingerprint density at radius 3 is 2.67 bits per heavy atom. The minimum Gasteiger partial charge on any atom is -0.481 e. The van der Waals surface area contributed by atoms with Gasteiger partial charge in [-0.2, -0.15) is 0 Å². The van der Waals surface area contributed by atoms with E-state index in [1.54, 1.807) is 6.92 Å². The standard InChI is InChI=1S/C10H14N2O3/c1-3-8-11-6(2)7(10(15)12-8)4-5-9(13)14/h3-5H2,1-2H3,(H,13,14)(H,11,12,15). The lowest BCUT2D eigenvalue weighted by atomic mass is 10.1. The summed E-state index contributed by atoms with van der Waals surface area (Å²) in [4.78, 5) is 28.7. The van der Waals surface area contributed by atoms with Crippen LogP contribution in [0, 0.1) is 6.92 Å². The zero-order chi connectivity index (χ0) is 11.4. The fourth-order valence-corrected chi connectivity index (χ4v) is 1.36. The van der Waals surface area contributed by atoms with Crippen molar-refractivity contribution in [3.05, 3.63) is 27.4 Å². The predicted molar refractivity (Wildman–Crippen MR) is 54.9 cm³/mol. The number of aryl methyl sites for hydroxylation is 2. The Hall–Kier alpha value is -1.65. The van der Waals surface area contributed by atoms with Gasteiger partial charge in [0.1, 0.15) is 5.82 Å². The van der Waals surface area contributed by atoms with Gasteiger partial charge in [0, 0.05) is 24.1 Å². The maximum atomic E-state index is 11.5. The SMILES string of the molecule is CCc1nc(C)c(CCC(=O)O)c(=O)[nH]1. The first-order valence-electron chi connectivity index (χ1n) is 4.85. The van der Waals surface area contributed by atoms with Gasteiger partial charge in [0.05, 0.1) is 0 Å². The van der Waals surface area contributed by atoms with E-state index in [4.69, 9.17) is 5.11 Å². The molecule has 0 aliphatic carbocycles. The molecule has 0 radical (unpaired) electrons. The zero-order valence-corrected chi connectivity index (χ0v) is 8.83. The lowest BCUT2D eigenvalue weighted by Crippen LogP contribution is -2.19. The topological polar surface area (TPSA) is 83.0 Å². The van der Waals surface area contributed by atoms with Crippen molar-refractivity contribution in [1.82, 2.24) is 9.97 Å². The quantitative estimate of drug-likeness (QED) is 0.764. The first kappa shape index (κ1) is 11.4. The Labute approximate surface area is 87.2 Å². The Morgan fingerprint density at radius 1 is 1.53 bits per heavy atom. The summed E-state index contributed by atoms with van der Waals surface area (Å²) in [6, 6.07) is 0. The van der Waals surface area contributed by atoms with Crippen molar-refractivity contribution >= 4 is 5.97 Å². The molecule has 15 heavy (non-hydrogen) atoms. The summed E-state index contributed by atoms with van der Waals surface area (Å²) in [6.07, 6.45) is 0.847. The van der Waals surface area contributed by atoms with E-state index in [0.717, 1.165) is 0 Å². The van der Waals surface area contributed by atoms with E-state index < -0.39 is 5.97 Å². The Morgan fingerprint density at radius 2 is 2.20 bits per heavy atom. The van der Waals surface area contributed by atoms with Crippen LogP contribution in [0.5, 0.6) is 0 Å². The summed E-state index contributed by atoms with van der Waals surface area (Å²) in [7, 11) is 0. The minimum absolute atomic E-state index is 0.0446. The smallest absolute Gasteiger partial charge is 0.303 e. The highest BCUT2D eigenvalue weighted by Crippen LogP contribution is 2.02. The maximum Gasteiger partial charge on any atom is 0.303 e. The number of nitrogens with zero attached hydrogens (tertiary/aromatic N) is 1. The number of carbonyl (C=O) groups is 1. The summed E-state index contributed by atoms with van der Waals surface area (Å²) in [5, 5.41) is 8.52. The molecule has 0 aliphatic rings. The van der Waals surface area contributed by atoms with Crippen molar-refractivity contribution in [3.63, 3.8) is 0 Å². The van der Waals surface area contributed by atoms with Crippen LogP contribution in [0.4, 0.5) is 0 Å². The number of hydrogen-bond acceptors (Lipinski definition) is 3. The molecule has 5 nitrogen and oxygen atoms in total. The van der Waals surface area contributed by atoms with E-state index in [9.17, 15) is 9.59 Å². The van der Waals surface area contributed by atoms with Crippen molar-refractivity contribution in [2.75, 3.05) is 0 Å². The van der Waals surface area contributed by atoms with Crippen LogP contribution in [-0.4, -0.2) is 21.0 Å². The second kappa shape index (κ2) is 4.72. The van der Waals surface area contributed by atoms with Gasteiger partial charge in [0.25, 0.3) is 5.56 Å². The van der Waals surface area contributed by atoms with E-state index in [2.05, 4.69) is 9.97 Å². The highest BCUT2D eigenvalue weighted by molar-refractivity contribution is 5.67. The molecule has 0 bridgehead atoms. The third kappa shape index (κ3) is 2.90. The van der Waals surface area contributed by atoms with Gasteiger partial charge in [-0.05, 0) is 13.3 Å². The lowest BCUT2D eigenvalue weighted by molar-refractivity contribution is -0.136. The number of nitrogens with one attached hydrogen (secondary N) is 1. The minimum atomic E-state index is -0.909. The van der Waals surface area contributed by atoms with Crippen LogP contribution in [0.1, 0.15) is 30.4 Å². The normalized spacial score (nSPS) is 10.3. The van der Waals surface area contributed by atoms with Crippen molar-refractivity contribution < 1.29 is 9.90 Å². The highest BCUT2D eigenvalue weighted by Gasteiger charge is 2.08. The Balaban J connectivity index is 2.98. The summed E-state index contributed by atoms with van der Waals surface area (Å²) >= 11 is 0. The predicted octanol–water partition coefficient (Wildman–Crippen LogP) is 0.658. The fourth-order valence-electron chi connectivity index (χ4n) is 1.36. The zero-order valence-electron chi connectivity index (χ0n) is 8.83. The van der Waals surface area contributed by atoms with E-state index in [1.165, 1.54) is 0 Å². The number of carboxylic acid groups (broad SMARTS) is 1. The lowest BCUT2D eigenvalue weighted by Gasteiger charge is -2.04. The van der Waals surface area contributed by atoms with Crippen LogP contribution >= 0.6 is 0 Å². The first-order chi connectivity index (χ1) is 7.04. The fraction of sp³-hybridized carbons (Fsp3) is 0.500. The third-order valence-electron chi connectivity index (χ3n) is 2.20. The number of carboxylic acids is 1. The molecule has 0 spiro atoms. The summed E-state index contributed by atoms with van der Waals surface area (Å²) in [6.45, 7) is 3.63. The van der Waals surface area contributed by atoms with Crippen molar-refractivity contribution in [3.8, 4) is 0 Å². The molecule has 5 heteroatoms. The van der Waals surface area contributed by atoms with Gasteiger partial charge in [0.15, 0.2) is 0 Å². The number of aromatic amines is 1.